The number of hydrogen-bond acceptors (Lipinski definition) is 5. The van der Waals surface area contributed by atoms with E-state index in [1.165, 1.54) is 11.1 Å². The molecule has 0 spiro atoms. The van der Waals surface area contributed by atoms with Crippen molar-refractivity contribution >= 4 is 43.9 Å². The molecule has 0 saturated carbocycles. The summed E-state index contributed by atoms with van der Waals surface area (Å²) in [7, 11) is 0. The van der Waals surface area contributed by atoms with Gasteiger partial charge in [0.2, 0.25) is 5.91 Å². The number of fused-ring (bicyclic) bond motifs is 1. The summed E-state index contributed by atoms with van der Waals surface area (Å²) in [6, 6.07) is 11.9. The van der Waals surface area contributed by atoms with Crippen molar-refractivity contribution in [3.63, 3.8) is 0 Å². The Kier molecular flexibility index (Phi) is 4.61. The van der Waals surface area contributed by atoms with Crippen LogP contribution < -0.4 is 4.90 Å². The zero-order valence-corrected chi connectivity index (χ0v) is 16.2. The number of amides is 1. The van der Waals surface area contributed by atoms with E-state index >= 15 is 0 Å². The Hall–Kier alpha value is -2.44. The molecular formula is C20H18N2O2S2. The molecule has 132 valence electrons. The maximum Gasteiger partial charge on any atom is 0.234 e. The van der Waals surface area contributed by atoms with Crippen LogP contribution in [-0.4, -0.2) is 10.9 Å². The van der Waals surface area contributed by atoms with Crippen molar-refractivity contribution in [1.29, 1.82) is 0 Å². The highest BCUT2D eigenvalue weighted by atomic mass is 32.1. The quantitative estimate of drug-likeness (QED) is 0.468. The predicted octanol–water partition coefficient (Wildman–Crippen LogP) is 5.34. The third-order valence-electron chi connectivity index (χ3n) is 4.14. The van der Waals surface area contributed by atoms with Crippen LogP contribution in [0.3, 0.4) is 0 Å². The first kappa shape index (κ1) is 17.0. The van der Waals surface area contributed by atoms with Crippen LogP contribution in [0.4, 0.5) is 5.13 Å². The highest BCUT2D eigenvalue weighted by Crippen LogP contribution is 2.33. The largest absolute Gasteiger partial charge is 0.467 e. The number of carbonyl (C=O) groups is 1. The van der Waals surface area contributed by atoms with Gasteiger partial charge >= 0.3 is 0 Å². The number of aromatic nitrogens is 1. The second kappa shape index (κ2) is 7.05. The highest BCUT2D eigenvalue weighted by Gasteiger charge is 2.22. The van der Waals surface area contributed by atoms with E-state index in [9.17, 15) is 4.79 Å². The molecule has 0 atom stereocenters. The molecule has 0 aliphatic carbocycles. The number of rotatable bonds is 5. The molecule has 3 heterocycles. The van der Waals surface area contributed by atoms with Gasteiger partial charge in [-0.25, -0.2) is 4.98 Å². The van der Waals surface area contributed by atoms with Crippen LogP contribution in [0.2, 0.25) is 0 Å². The number of benzene rings is 1. The van der Waals surface area contributed by atoms with Crippen LogP contribution in [-0.2, 0) is 17.8 Å². The third kappa shape index (κ3) is 3.43. The molecule has 26 heavy (non-hydrogen) atoms. The molecule has 0 saturated heterocycles. The van der Waals surface area contributed by atoms with Crippen molar-refractivity contribution < 1.29 is 9.21 Å². The Morgan fingerprint density at radius 1 is 1.23 bits per heavy atom. The molecule has 4 aromatic rings. The van der Waals surface area contributed by atoms with Crippen LogP contribution in [0.1, 0.15) is 21.8 Å². The maximum absolute atomic E-state index is 13.0. The van der Waals surface area contributed by atoms with E-state index in [4.69, 9.17) is 9.40 Å². The molecule has 0 unspecified atom stereocenters. The summed E-state index contributed by atoms with van der Waals surface area (Å²) >= 11 is 3.15. The van der Waals surface area contributed by atoms with Gasteiger partial charge < -0.3 is 4.42 Å². The molecule has 0 aliphatic heterocycles. The number of aryl methyl sites for hydroxylation is 2. The van der Waals surface area contributed by atoms with E-state index in [2.05, 4.69) is 26.0 Å². The van der Waals surface area contributed by atoms with Crippen molar-refractivity contribution in [2.24, 2.45) is 0 Å². The van der Waals surface area contributed by atoms with E-state index in [0.29, 0.717) is 18.1 Å². The fourth-order valence-electron chi connectivity index (χ4n) is 2.96. The molecule has 6 heteroatoms. The number of hydrogen-bond donors (Lipinski definition) is 0. The summed E-state index contributed by atoms with van der Waals surface area (Å²) in [4.78, 5) is 20.6. The average Bonchev–Trinajstić information content (AvgIpc) is 3.33. The molecule has 0 bridgehead atoms. The lowest BCUT2D eigenvalue weighted by Gasteiger charge is -2.18. The molecule has 1 amide bonds. The van der Waals surface area contributed by atoms with E-state index < -0.39 is 0 Å². The molecular weight excluding hydrogens is 364 g/mol. The fourth-order valence-corrected chi connectivity index (χ4v) is 4.69. The van der Waals surface area contributed by atoms with E-state index in [1.54, 1.807) is 33.8 Å². The lowest BCUT2D eigenvalue weighted by atomic mass is 10.1. The van der Waals surface area contributed by atoms with Gasteiger partial charge in [0, 0.05) is 4.88 Å². The first-order chi connectivity index (χ1) is 12.6. The molecule has 3 aromatic heterocycles. The van der Waals surface area contributed by atoms with E-state index in [-0.39, 0.29) is 5.91 Å². The van der Waals surface area contributed by atoms with Crippen LogP contribution in [0, 0.1) is 13.8 Å². The highest BCUT2D eigenvalue weighted by molar-refractivity contribution is 7.22. The Morgan fingerprint density at radius 3 is 2.85 bits per heavy atom. The molecule has 4 nitrogen and oxygen atoms in total. The smallest absolute Gasteiger partial charge is 0.234 e. The second-order valence-corrected chi connectivity index (χ2v) is 8.25. The van der Waals surface area contributed by atoms with Gasteiger partial charge in [0.1, 0.15) is 5.76 Å². The Morgan fingerprint density at radius 2 is 2.12 bits per heavy atom. The van der Waals surface area contributed by atoms with Crippen molar-refractivity contribution in [2.45, 2.75) is 26.8 Å². The topological polar surface area (TPSA) is 46.3 Å². The lowest BCUT2D eigenvalue weighted by Crippen LogP contribution is -2.31. The standard InChI is InChI=1S/C20H18N2O2S2/c1-13-9-14(2)19-17(10-13)21-20(26-19)22(12-15-5-3-7-24-15)18(23)11-16-6-4-8-25-16/h3-10H,11-12H2,1-2H3. The number of anilines is 1. The van der Waals surface area contributed by atoms with Crippen LogP contribution >= 0.6 is 22.7 Å². The third-order valence-corrected chi connectivity index (χ3v) is 6.25. The van der Waals surface area contributed by atoms with Crippen LogP contribution in [0.5, 0.6) is 0 Å². The summed E-state index contributed by atoms with van der Waals surface area (Å²) in [6.07, 6.45) is 2.00. The van der Waals surface area contributed by atoms with Crippen molar-refractivity contribution in [3.05, 3.63) is 69.8 Å². The van der Waals surface area contributed by atoms with Gasteiger partial charge in [-0.15, -0.1) is 11.3 Å². The maximum atomic E-state index is 13.0. The Labute approximate surface area is 159 Å². The van der Waals surface area contributed by atoms with Gasteiger partial charge in [0.25, 0.3) is 0 Å². The molecule has 4 rings (SSSR count). The monoisotopic (exact) mass is 382 g/mol. The van der Waals surface area contributed by atoms with Gasteiger partial charge in [0.05, 0.1) is 29.4 Å². The normalized spacial score (nSPS) is 11.2. The minimum atomic E-state index is 0.0253. The molecule has 0 fully saturated rings. The van der Waals surface area contributed by atoms with E-state index in [1.807, 2.05) is 29.6 Å². The second-order valence-electron chi connectivity index (χ2n) is 6.24. The van der Waals surface area contributed by atoms with Gasteiger partial charge in [-0.3, -0.25) is 9.69 Å². The predicted molar refractivity (Wildman–Crippen MR) is 107 cm³/mol. The summed E-state index contributed by atoms with van der Waals surface area (Å²) in [5.41, 5.74) is 3.30. The van der Waals surface area contributed by atoms with Crippen molar-refractivity contribution in [2.75, 3.05) is 4.90 Å². The van der Waals surface area contributed by atoms with Crippen LogP contribution in [0.25, 0.3) is 10.2 Å². The number of thiophene rings is 1. The van der Waals surface area contributed by atoms with E-state index in [0.717, 1.165) is 20.9 Å². The van der Waals surface area contributed by atoms with Gasteiger partial charge in [-0.2, -0.15) is 0 Å². The number of nitrogens with zero attached hydrogens (tertiary/aromatic N) is 2. The lowest BCUT2D eigenvalue weighted by molar-refractivity contribution is -0.118. The molecule has 0 aliphatic rings. The van der Waals surface area contributed by atoms with Crippen LogP contribution in [0.15, 0.2) is 52.5 Å². The Bertz CT molecular complexity index is 1030. The Balaban J connectivity index is 1.72. The zero-order chi connectivity index (χ0) is 18.1. The van der Waals surface area contributed by atoms with Gasteiger partial charge in [0.15, 0.2) is 5.13 Å². The van der Waals surface area contributed by atoms with Crippen molar-refractivity contribution in [3.8, 4) is 0 Å². The average molecular weight is 383 g/mol. The summed E-state index contributed by atoms with van der Waals surface area (Å²) in [5, 5.41) is 2.70. The summed E-state index contributed by atoms with van der Waals surface area (Å²) in [5.74, 6) is 0.772. The van der Waals surface area contributed by atoms with Gasteiger partial charge in [-0.05, 0) is 54.6 Å². The summed E-state index contributed by atoms with van der Waals surface area (Å²) in [6.45, 7) is 4.53. The minimum absolute atomic E-state index is 0.0253. The number of thiazole rings is 1. The molecule has 1 aromatic carbocycles. The minimum Gasteiger partial charge on any atom is -0.467 e. The number of carbonyl (C=O) groups excluding carboxylic acids is 1. The van der Waals surface area contributed by atoms with Gasteiger partial charge in [-0.1, -0.05) is 23.5 Å². The van der Waals surface area contributed by atoms with Crippen molar-refractivity contribution in [1.82, 2.24) is 4.98 Å². The molecule has 0 N–H and O–H groups in total. The number of furan rings is 1. The zero-order valence-electron chi connectivity index (χ0n) is 14.6. The fraction of sp³-hybridized carbons (Fsp3) is 0.200. The SMILES string of the molecule is Cc1cc(C)c2sc(N(Cc3ccco3)C(=O)Cc3cccs3)nc2c1. The molecule has 0 radical (unpaired) electrons. The first-order valence-corrected chi connectivity index (χ1v) is 10.0. The summed E-state index contributed by atoms with van der Waals surface area (Å²) < 4.78 is 6.60. The first-order valence-electron chi connectivity index (χ1n) is 8.33.